The highest BCUT2D eigenvalue weighted by atomic mass is 79.9. The molecule has 1 aliphatic heterocycles. The fourth-order valence-corrected chi connectivity index (χ4v) is 3.66. The van der Waals surface area contributed by atoms with Crippen LogP contribution < -0.4 is 0 Å². The fraction of sp³-hybridized carbons (Fsp3) is 0.250. The van der Waals surface area contributed by atoms with Gasteiger partial charge in [-0.25, -0.2) is 5.01 Å². The zero-order valence-corrected chi connectivity index (χ0v) is 14.0. The van der Waals surface area contributed by atoms with Crippen LogP contribution in [0.15, 0.2) is 51.4 Å². The van der Waals surface area contributed by atoms with Crippen LogP contribution in [-0.4, -0.2) is 16.6 Å². The highest BCUT2D eigenvalue weighted by Gasteiger charge is 2.32. The molecule has 1 amide bonds. The van der Waals surface area contributed by atoms with E-state index in [2.05, 4.69) is 27.1 Å². The zero-order chi connectivity index (χ0) is 14.8. The van der Waals surface area contributed by atoms with Crippen LogP contribution in [0.4, 0.5) is 0 Å². The summed E-state index contributed by atoms with van der Waals surface area (Å²) in [4.78, 5) is 13.4. The number of hydrogen-bond acceptors (Lipinski definition) is 3. The van der Waals surface area contributed by atoms with Gasteiger partial charge in [-0.15, -0.1) is 11.3 Å². The SMILES string of the molecule is CCC(=O)N1N=C(c2cccc(Br)c2)C[C@H]1c1cccs1. The normalized spacial score (nSPS) is 17.9. The number of hydrazone groups is 1. The van der Waals surface area contributed by atoms with Gasteiger partial charge in [-0.05, 0) is 29.1 Å². The van der Waals surface area contributed by atoms with Gasteiger partial charge < -0.3 is 0 Å². The van der Waals surface area contributed by atoms with E-state index in [1.807, 2.05) is 42.6 Å². The minimum absolute atomic E-state index is 0.0337. The van der Waals surface area contributed by atoms with Crippen LogP contribution in [0, 0.1) is 0 Å². The van der Waals surface area contributed by atoms with E-state index in [0.717, 1.165) is 22.2 Å². The summed E-state index contributed by atoms with van der Waals surface area (Å²) in [5, 5.41) is 8.29. The predicted molar refractivity (Wildman–Crippen MR) is 89.5 cm³/mol. The second-order valence-electron chi connectivity index (χ2n) is 4.88. The maximum absolute atomic E-state index is 12.2. The molecule has 2 aromatic rings. The van der Waals surface area contributed by atoms with Crippen molar-refractivity contribution >= 4 is 38.9 Å². The molecular formula is C16H15BrN2OS. The molecule has 0 saturated heterocycles. The lowest BCUT2D eigenvalue weighted by atomic mass is 10.0. The number of carbonyl (C=O) groups is 1. The molecule has 0 fully saturated rings. The Bertz CT molecular complexity index is 681. The van der Waals surface area contributed by atoms with Gasteiger partial charge in [0.1, 0.15) is 0 Å². The van der Waals surface area contributed by atoms with E-state index >= 15 is 0 Å². The van der Waals surface area contributed by atoms with Gasteiger partial charge in [0.05, 0.1) is 11.8 Å². The molecule has 108 valence electrons. The predicted octanol–water partition coefficient (Wildman–Crippen LogP) is 4.60. The van der Waals surface area contributed by atoms with Crippen molar-refractivity contribution in [2.45, 2.75) is 25.8 Å². The fourth-order valence-electron chi connectivity index (χ4n) is 2.45. The van der Waals surface area contributed by atoms with Gasteiger partial charge in [-0.2, -0.15) is 5.10 Å². The summed E-state index contributed by atoms with van der Waals surface area (Å²) in [5.41, 5.74) is 2.04. The lowest BCUT2D eigenvalue weighted by molar-refractivity contribution is -0.132. The molecule has 0 radical (unpaired) electrons. The van der Waals surface area contributed by atoms with E-state index in [9.17, 15) is 4.79 Å². The van der Waals surface area contributed by atoms with Gasteiger partial charge in [0.15, 0.2) is 0 Å². The summed E-state index contributed by atoms with van der Waals surface area (Å²) >= 11 is 5.16. The Hall–Kier alpha value is -1.46. The molecule has 3 rings (SSSR count). The molecule has 0 spiro atoms. The van der Waals surface area contributed by atoms with Crippen LogP contribution in [-0.2, 0) is 4.79 Å². The maximum atomic E-state index is 12.2. The number of benzene rings is 1. The molecule has 1 aromatic carbocycles. The van der Waals surface area contributed by atoms with Gasteiger partial charge in [0, 0.05) is 22.2 Å². The highest BCUT2D eigenvalue weighted by molar-refractivity contribution is 9.10. The third-order valence-electron chi connectivity index (χ3n) is 3.50. The summed E-state index contributed by atoms with van der Waals surface area (Å²) in [6, 6.07) is 12.2. The van der Waals surface area contributed by atoms with Gasteiger partial charge >= 0.3 is 0 Å². The van der Waals surface area contributed by atoms with Crippen molar-refractivity contribution in [3.05, 3.63) is 56.7 Å². The molecule has 2 heterocycles. The van der Waals surface area contributed by atoms with E-state index < -0.39 is 0 Å². The number of rotatable bonds is 3. The van der Waals surface area contributed by atoms with Crippen LogP contribution in [0.2, 0.25) is 0 Å². The molecule has 1 aliphatic rings. The van der Waals surface area contributed by atoms with Crippen molar-refractivity contribution in [1.29, 1.82) is 0 Å². The van der Waals surface area contributed by atoms with Crippen molar-refractivity contribution in [2.24, 2.45) is 5.10 Å². The minimum atomic E-state index is 0.0337. The summed E-state index contributed by atoms with van der Waals surface area (Å²) in [6.07, 6.45) is 1.24. The Labute approximate surface area is 136 Å². The third-order valence-corrected chi connectivity index (χ3v) is 4.96. The molecule has 1 atom stereocenters. The number of nitrogens with zero attached hydrogens (tertiary/aromatic N) is 2. The van der Waals surface area contributed by atoms with Gasteiger partial charge in [0.2, 0.25) is 5.91 Å². The van der Waals surface area contributed by atoms with E-state index in [4.69, 9.17) is 0 Å². The largest absolute Gasteiger partial charge is 0.273 e. The molecular weight excluding hydrogens is 348 g/mol. The number of hydrogen-bond donors (Lipinski definition) is 0. The summed E-state index contributed by atoms with van der Waals surface area (Å²) in [7, 11) is 0. The summed E-state index contributed by atoms with van der Waals surface area (Å²) in [5.74, 6) is 0.0680. The van der Waals surface area contributed by atoms with Crippen molar-refractivity contribution in [3.8, 4) is 0 Å². The minimum Gasteiger partial charge on any atom is -0.273 e. The molecule has 0 unspecified atom stereocenters. The van der Waals surface area contributed by atoms with E-state index in [1.54, 1.807) is 16.3 Å². The standard InChI is InChI=1S/C16H15BrN2OS/c1-2-16(20)19-14(15-7-4-8-21-15)10-13(18-19)11-5-3-6-12(17)9-11/h3-9,14H,2,10H2,1H3/t14-/m0/s1. The topological polar surface area (TPSA) is 32.7 Å². The van der Waals surface area contributed by atoms with E-state index in [-0.39, 0.29) is 11.9 Å². The number of thiophene rings is 1. The molecule has 3 nitrogen and oxygen atoms in total. The summed E-state index contributed by atoms with van der Waals surface area (Å²) < 4.78 is 1.02. The Morgan fingerprint density at radius 2 is 2.29 bits per heavy atom. The highest BCUT2D eigenvalue weighted by Crippen LogP contribution is 2.35. The van der Waals surface area contributed by atoms with Crippen molar-refractivity contribution in [1.82, 2.24) is 5.01 Å². The molecule has 0 bridgehead atoms. The second-order valence-corrected chi connectivity index (χ2v) is 6.78. The van der Waals surface area contributed by atoms with Gasteiger partial charge in [0.25, 0.3) is 0 Å². The average Bonchev–Trinajstić information content (AvgIpc) is 3.15. The second kappa shape index (κ2) is 6.12. The monoisotopic (exact) mass is 362 g/mol. The molecule has 0 aliphatic carbocycles. The first-order valence-electron chi connectivity index (χ1n) is 6.88. The van der Waals surface area contributed by atoms with E-state index in [1.165, 1.54) is 4.88 Å². The lowest BCUT2D eigenvalue weighted by Crippen LogP contribution is -2.25. The maximum Gasteiger partial charge on any atom is 0.243 e. The molecule has 21 heavy (non-hydrogen) atoms. The van der Waals surface area contributed by atoms with Crippen LogP contribution in [0.1, 0.15) is 36.2 Å². The first-order valence-corrected chi connectivity index (χ1v) is 8.55. The average molecular weight is 363 g/mol. The van der Waals surface area contributed by atoms with Crippen LogP contribution in [0.5, 0.6) is 0 Å². The Kier molecular flexibility index (Phi) is 4.22. The third kappa shape index (κ3) is 2.94. The van der Waals surface area contributed by atoms with E-state index in [0.29, 0.717) is 6.42 Å². The smallest absolute Gasteiger partial charge is 0.243 e. The first kappa shape index (κ1) is 14.5. The Balaban J connectivity index is 1.95. The zero-order valence-electron chi connectivity index (χ0n) is 11.6. The number of carbonyl (C=O) groups excluding carboxylic acids is 1. The van der Waals surface area contributed by atoms with Crippen molar-refractivity contribution in [2.75, 3.05) is 0 Å². The van der Waals surface area contributed by atoms with Crippen LogP contribution in [0.25, 0.3) is 0 Å². The van der Waals surface area contributed by atoms with Gasteiger partial charge in [-0.3, -0.25) is 4.79 Å². The first-order chi connectivity index (χ1) is 10.2. The quantitative estimate of drug-likeness (QED) is 0.785. The number of amides is 1. The Morgan fingerprint density at radius 1 is 1.43 bits per heavy atom. The molecule has 0 N–H and O–H groups in total. The van der Waals surface area contributed by atoms with Crippen LogP contribution in [0.3, 0.4) is 0 Å². The summed E-state index contributed by atoms with van der Waals surface area (Å²) in [6.45, 7) is 1.88. The Morgan fingerprint density at radius 3 is 2.95 bits per heavy atom. The molecule has 0 saturated carbocycles. The van der Waals surface area contributed by atoms with Crippen molar-refractivity contribution < 1.29 is 4.79 Å². The van der Waals surface area contributed by atoms with Crippen molar-refractivity contribution in [3.63, 3.8) is 0 Å². The number of halogens is 1. The molecule has 1 aromatic heterocycles. The lowest BCUT2D eigenvalue weighted by Gasteiger charge is -2.19. The molecule has 5 heteroatoms. The van der Waals surface area contributed by atoms with Gasteiger partial charge in [-0.1, -0.05) is 41.1 Å². The van der Waals surface area contributed by atoms with Crippen LogP contribution >= 0.6 is 27.3 Å².